The number of benzene rings is 8. The minimum Gasteiger partial charge on any atom is -0.310 e. The monoisotopic (exact) mass is 573 g/mol. The van der Waals surface area contributed by atoms with Crippen LogP contribution in [0.5, 0.6) is 0 Å². The van der Waals surface area contributed by atoms with Crippen LogP contribution in [0.2, 0.25) is 0 Å². The van der Waals surface area contributed by atoms with Crippen molar-refractivity contribution in [3.8, 4) is 33.4 Å². The summed E-state index contributed by atoms with van der Waals surface area (Å²) in [5.74, 6) is 0. The average Bonchev–Trinajstić information content (AvgIpc) is 3.13. The largest absolute Gasteiger partial charge is 0.310 e. The summed E-state index contributed by atoms with van der Waals surface area (Å²) < 4.78 is 0. The summed E-state index contributed by atoms with van der Waals surface area (Å²) in [5.41, 5.74) is 10.7. The molecule has 0 spiro atoms. The molecule has 1 nitrogen and oxygen atoms in total. The Labute approximate surface area is 264 Å². The smallest absolute Gasteiger partial charge is 0.0467 e. The quantitative estimate of drug-likeness (QED) is 0.179. The van der Waals surface area contributed by atoms with Gasteiger partial charge in [-0.15, -0.1) is 0 Å². The molecule has 0 aliphatic carbocycles. The zero-order valence-corrected chi connectivity index (χ0v) is 24.8. The van der Waals surface area contributed by atoms with Crippen molar-refractivity contribution in [2.75, 3.05) is 4.90 Å². The molecular formula is C44H31N. The predicted octanol–water partition coefficient (Wildman–Crippen LogP) is 12.5. The summed E-state index contributed by atoms with van der Waals surface area (Å²) in [6.45, 7) is 0. The highest BCUT2D eigenvalue weighted by Crippen LogP contribution is 2.39. The van der Waals surface area contributed by atoms with E-state index in [1.165, 1.54) is 54.9 Å². The maximum atomic E-state index is 2.34. The van der Waals surface area contributed by atoms with Gasteiger partial charge in [0.05, 0.1) is 0 Å². The van der Waals surface area contributed by atoms with Crippen molar-refractivity contribution < 1.29 is 0 Å². The Hall–Kier alpha value is -5.92. The lowest BCUT2D eigenvalue weighted by molar-refractivity contribution is 1.28. The summed E-state index contributed by atoms with van der Waals surface area (Å²) in [7, 11) is 0. The average molecular weight is 574 g/mol. The number of hydrogen-bond donors (Lipinski definition) is 0. The van der Waals surface area contributed by atoms with Crippen molar-refractivity contribution in [3.63, 3.8) is 0 Å². The maximum absolute atomic E-state index is 2.34. The molecule has 0 saturated heterocycles. The molecule has 0 unspecified atom stereocenters. The minimum atomic E-state index is 1.12. The van der Waals surface area contributed by atoms with E-state index in [1.54, 1.807) is 0 Å². The van der Waals surface area contributed by atoms with E-state index in [4.69, 9.17) is 0 Å². The van der Waals surface area contributed by atoms with Gasteiger partial charge in [0.15, 0.2) is 0 Å². The number of rotatable bonds is 6. The van der Waals surface area contributed by atoms with Gasteiger partial charge in [0, 0.05) is 17.1 Å². The van der Waals surface area contributed by atoms with E-state index >= 15 is 0 Å². The minimum absolute atomic E-state index is 1.12. The highest BCUT2D eigenvalue weighted by atomic mass is 15.1. The van der Waals surface area contributed by atoms with Crippen molar-refractivity contribution in [1.29, 1.82) is 0 Å². The molecule has 0 heterocycles. The molecule has 1 heteroatoms. The van der Waals surface area contributed by atoms with Gasteiger partial charge in [-0.25, -0.2) is 0 Å². The van der Waals surface area contributed by atoms with Crippen LogP contribution in [0.1, 0.15) is 0 Å². The van der Waals surface area contributed by atoms with Crippen LogP contribution >= 0.6 is 0 Å². The second-order valence-corrected chi connectivity index (χ2v) is 11.4. The normalized spacial score (nSPS) is 11.1. The van der Waals surface area contributed by atoms with Crippen molar-refractivity contribution in [2.24, 2.45) is 0 Å². The molecule has 8 aromatic carbocycles. The summed E-state index contributed by atoms with van der Waals surface area (Å²) in [6, 6.07) is 67.6. The molecular weight excluding hydrogens is 542 g/mol. The molecule has 0 radical (unpaired) electrons. The second kappa shape index (κ2) is 11.6. The number of para-hydroxylation sites is 1. The van der Waals surface area contributed by atoms with E-state index in [0.717, 1.165) is 17.1 Å². The number of nitrogens with zero attached hydrogens (tertiary/aromatic N) is 1. The van der Waals surface area contributed by atoms with E-state index in [0.29, 0.717) is 0 Å². The second-order valence-electron chi connectivity index (χ2n) is 11.4. The first kappa shape index (κ1) is 26.7. The Balaban J connectivity index is 1.17. The fourth-order valence-electron chi connectivity index (χ4n) is 6.42. The number of anilines is 3. The van der Waals surface area contributed by atoms with E-state index in [9.17, 15) is 0 Å². The van der Waals surface area contributed by atoms with Gasteiger partial charge in [0.25, 0.3) is 0 Å². The van der Waals surface area contributed by atoms with Crippen LogP contribution in [0, 0.1) is 0 Å². The van der Waals surface area contributed by atoms with Gasteiger partial charge < -0.3 is 4.90 Å². The van der Waals surface area contributed by atoms with E-state index in [2.05, 4.69) is 193 Å². The Kier molecular flexibility index (Phi) is 6.90. The van der Waals surface area contributed by atoms with Crippen LogP contribution in [0.3, 0.4) is 0 Å². The topological polar surface area (TPSA) is 3.24 Å². The first-order valence-electron chi connectivity index (χ1n) is 15.4. The molecule has 8 rings (SSSR count). The van der Waals surface area contributed by atoms with Gasteiger partial charge in [-0.2, -0.15) is 0 Å². The van der Waals surface area contributed by atoms with Gasteiger partial charge >= 0.3 is 0 Å². The highest BCUT2D eigenvalue weighted by Gasteiger charge is 2.15. The maximum Gasteiger partial charge on any atom is 0.0467 e. The lowest BCUT2D eigenvalue weighted by atomic mass is 9.94. The summed E-state index contributed by atoms with van der Waals surface area (Å²) in [5, 5.41) is 5.10. The number of hydrogen-bond acceptors (Lipinski definition) is 1. The summed E-state index contributed by atoms with van der Waals surface area (Å²) in [4.78, 5) is 2.34. The first-order chi connectivity index (χ1) is 22.3. The third-order valence-electron chi connectivity index (χ3n) is 8.67. The van der Waals surface area contributed by atoms with Crippen LogP contribution < -0.4 is 4.90 Å². The third-order valence-corrected chi connectivity index (χ3v) is 8.67. The SMILES string of the molecule is c1ccc(-c2ccc(-c3ccc(N(c4ccccc4)c4cccc(-c5cccc6c5ccc5ccccc56)c4)cc3)cc2)cc1. The van der Waals surface area contributed by atoms with E-state index in [1.807, 2.05) is 0 Å². The lowest BCUT2D eigenvalue weighted by Gasteiger charge is -2.26. The van der Waals surface area contributed by atoms with Gasteiger partial charge in [0.1, 0.15) is 0 Å². The van der Waals surface area contributed by atoms with Crippen molar-refractivity contribution >= 4 is 38.6 Å². The lowest BCUT2D eigenvalue weighted by Crippen LogP contribution is -2.09. The fraction of sp³-hybridized carbons (Fsp3) is 0. The van der Waals surface area contributed by atoms with Crippen molar-refractivity contribution in [2.45, 2.75) is 0 Å². The van der Waals surface area contributed by atoms with Gasteiger partial charge in [0.2, 0.25) is 0 Å². The molecule has 212 valence electrons. The summed E-state index contributed by atoms with van der Waals surface area (Å²) >= 11 is 0. The molecule has 0 fully saturated rings. The fourth-order valence-corrected chi connectivity index (χ4v) is 6.42. The molecule has 45 heavy (non-hydrogen) atoms. The first-order valence-corrected chi connectivity index (χ1v) is 15.4. The zero-order chi connectivity index (χ0) is 30.0. The van der Waals surface area contributed by atoms with Gasteiger partial charge in [-0.05, 0) is 91.3 Å². The molecule has 0 bridgehead atoms. The van der Waals surface area contributed by atoms with Gasteiger partial charge in [-0.3, -0.25) is 0 Å². The van der Waals surface area contributed by atoms with Crippen LogP contribution in [0.4, 0.5) is 17.1 Å². The Morgan fingerprint density at radius 2 is 0.778 bits per heavy atom. The van der Waals surface area contributed by atoms with E-state index < -0.39 is 0 Å². The Morgan fingerprint density at radius 1 is 0.267 bits per heavy atom. The Morgan fingerprint density at radius 3 is 1.51 bits per heavy atom. The standard InChI is InChI=1S/C44H31N/c1-3-11-32(12-4-1)33-21-23-34(24-22-33)35-25-28-39(29-26-35)45(38-15-5-2-6-16-38)40-17-9-14-37(31-40)42-19-10-20-43-41-18-8-7-13-36(41)27-30-44(42)43/h1-31H. The predicted molar refractivity (Wildman–Crippen MR) is 192 cm³/mol. The molecule has 0 aliphatic heterocycles. The molecule has 0 atom stereocenters. The molecule has 8 aromatic rings. The molecule has 0 amide bonds. The van der Waals surface area contributed by atoms with Crippen molar-refractivity contribution in [3.05, 3.63) is 188 Å². The van der Waals surface area contributed by atoms with Crippen molar-refractivity contribution in [1.82, 2.24) is 0 Å². The van der Waals surface area contributed by atoms with Crippen LogP contribution in [-0.2, 0) is 0 Å². The summed E-state index contributed by atoms with van der Waals surface area (Å²) in [6.07, 6.45) is 0. The van der Waals surface area contributed by atoms with Crippen LogP contribution in [0.25, 0.3) is 54.9 Å². The molecule has 0 saturated carbocycles. The molecule has 0 N–H and O–H groups in total. The van der Waals surface area contributed by atoms with E-state index in [-0.39, 0.29) is 0 Å². The zero-order valence-electron chi connectivity index (χ0n) is 24.8. The number of fused-ring (bicyclic) bond motifs is 3. The Bertz CT molecular complexity index is 2230. The molecule has 0 aliphatic rings. The van der Waals surface area contributed by atoms with Crippen LogP contribution in [-0.4, -0.2) is 0 Å². The van der Waals surface area contributed by atoms with Crippen LogP contribution in [0.15, 0.2) is 188 Å². The highest BCUT2D eigenvalue weighted by molar-refractivity contribution is 6.12. The third kappa shape index (κ3) is 5.15. The molecule has 0 aromatic heterocycles. The van der Waals surface area contributed by atoms with Gasteiger partial charge in [-0.1, -0.05) is 152 Å².